The molecule has 0 unspecified atom stereocenters. The van der Waals surface area contributed by atoms with E-state index in [0.29, 0.717) is 22.9 Å². The molecule has 2 N–H and O–H groups in total. The topological polar surface area (TPSA) is 76.1 Å². The van der Waals surface area contributed by atoms with Gasteiger partial charge in [-0.3, -0.25) is 4.79 Å². The summed E-state index contributed by atoms with van der Waals surface area (Å²) in [6, 6.07) is 5.82. The van der Waals surface area contributed by atoms with Crippen LogP contribution in [-0.4, -0.2) is 29.0 Å². The van der Waals surface area contributed by atoms with Crippen LogP contribution in [0.15, 0.2) is 30.6 Å². The van der Waals surface area contributed by atoms with Gasteiger partial charge in [-0.15, -0.1) is 0 Å². The van der Waals surface area contributed by atoms with E-state index in [9.17, 15) is 4.79 Å². The predicted octanol–water partition coefficient (Wildman–Crippen LogP) is 2.87. The van der Waals surface area contributed by atoms with Gasteiger partial charge in [0.25, 0.3) is 5.91 Å². The Morgan fingerprint density at radius 3 is 2.50 bits per heavy atom. The first-order valence-corrected chi connectivity index (χ1v) is 7.04. The van der Waals surface area contributed by atoms with Gasteiger partial charge in [0.2, 0.25) is 5.95 Å². The third-order valence-electron chi connectivity index (χ3n) is 2.93. The SMILES string of the molecule is COc1ccc(C)cc1NC(=O)c1cnc(NC(C)C)nc1. The van der Waals surface area contributed by atoms with E-state index in [1.807, 2.05) is 39.0 Å². The molecule has 0 atom stereocenters. The third kappa shape index (κ3) is 3.94. The average Bonchev–Trinajstić information content (AvgIpc) is 2.47. The maximum absolute atomic E-state index is 12.3. The van der Waals surface area contributed by atoms with E-state index in [-0.39, 0.29) is 11.9 Å². The average molecular weight is 300 g/mol. The fraction of sp³-hybridized carbons (Fsp3) is 0.312. The second-order valence-electron chi connectivity index (χ2n) is 5.25. The van der Waals surface area contributed by atoms with Crippen LogP contribution in [0.2, 0.25) is 0 Å². The molecule has 0 saturated heterocycles. The van der Waals surface area contributed by atoms with Crippen molar-refractivity contribution < 1.29 is 9.53 Å². The summed E-state index contributed by atoms with van der Waals surface area (Å²) in [6.45, 7) is 5.94. The van der Waals surface area contributed by atoms with Gasteiger partial charge < -0.3 is 15.4 Å². The molecule has 0 aliphatic rings. The van der Waals surface area contributed by atoms with Gasteiger partial charge >= 0.3 is 0 Å². The van der Waals surface area contributed by atoms with Crippen molar-refractivity contribution in [2.45, 2.75) is 26.8 Å². The molecular formula is C16H20N4O2. The number of hydrogen-bond acceptors (Lipinski definition) is 5. The van der Waals surface area contributed by atoms with Crippen LogP contribution in [0.5, 0.6) is 5.75 Å². The molecule has 1 amide bonds. The fourth-order valence-corrected chi connectivity index (χ4v) is 1.89. The molecule has 0 radical (unpaired) electrons. The first kappa shape index (κ1) is 15.8. The number of nitrogens with one attached hydrogen (secondary N) is 2. The van der Waals surface area contributed by atoms with Crippen LogP contribution < -0.4 is 15.4 Å². The van der Waals surface area contributed by atoms with Crippen molar-refractivity contribution in [3.8, 4) is 5.75 Å². The maximum Gasteiger partial charge on any atom is 0.258 e. The maximum atomic E-state index is 12.3. The van der Waals surface area contributed by atoms with Crippen LogP contribution in [0, 0.1) is 6.92 Å². The second-order valence-corrected chi connectivity index (χ2v) is 5.25. The highest BCUT2D eigenvalue weighted by Crippen LogP contribution is 2.25. The molecule has 0 saturated carbocycles. The Morgan fingerprint density at radius 2 is 1.91 bits per heavy atom. The highest BCUT2D eigenvalue weighted by atomic mass is 16.5. The zero-order valence-electron chi connectivity index (χ0n) is 13.2. The molecular weight excluding hydrogens is 280 g/mol. The van der Waals surface area contributed by atoms with Gasteiger partial charge in [0.1, 0.15) is 5.75 Å². The Kier molecular flexibility index (Phi) is 4.93. The van der Waals surface area contributed by atoms with Crippen molar-refractivity contribution in [1.29, 1.82) is 0 Å². The second kappa shape index (κ2) is 6.89. The Hall–Kier alpha value is -2.63. The lowest BCUT2D eigenvalue weighted by atomic mass is 10.2. The molecule has 0 fully saturated rings. The molecule has 6 nitrogen and oxygen atoms in total. The molecule has 0 aliphatic carbocycles. The number of hydrogen-bond donors (Lipinski definition) is 2. The Bertz CT molecular complexity index is 654. The number of carbonyl (C=O) groups is 1. The minimum absolute atomic E-state index is 0.233. The van der Waals surface area contributed by atoms with E-state index in [1.165, 1.54) is 12.4 Å². The van der Waals surface area contributed by atoms with Gasteiger partial charge in [-0.2, -0.15) is 0 Å². The zero-order valence-corrected chi connectivity index (χ0v) is 13.2. The number of rotatable bonds is 5. The van der Waals surface area contributed by atoms with Gasteiger partial charge in [-0.1, -0.05) is 6.07 Å². The number of aryl methyl sites for hydroxylation is 1. The van der Waals surface area contributed by atoms with E-state index in [2.05, 4.69) is 20.6 Å². The lowest BCUT2D eigenvalue weighted by Gasteiger charge is -2.11. The number of carbonyl (C=O) groups excluding carboxylic acids is 1. The van der Waals surface area contributed by atoms with Crippen LogP contribution in [0.3, 0.4) is 0 Å². The van der Waals surface area contributed by atoms with Gasteiger partial charge in [0, 0.05) is 18.4 Å². The molecule has 6 heteroatoms. The van der Waals surface area contributed by atoms with Crippen molar-refractivity contribution in [2.24, 2.45) is 0 Å². The van der Waals surface area contributed by atoms with Crippen LogP contribution >= 0.6 is 0 Å². The minimum atomic E-state index is -0.278. The number of anilines is 2. The van der Waals surface area contributed by atoms with E-state index in [0.717, 1.165) is 5.56 Å². The first-order valence-electron chi connectivity index (χ1n) is 7.04. The molecule has 2 aromatic rings. The van der Waals surface area contributed by atoms with Crippen molar-refractivity contribution >= 4 is 17.5 Å². The number of aromatic nitrogens is 2. The summed E-state index contributed by atoms with van der Waals surface area (Å²) in [7, 11) is 1.57. The molecule has 2 rings (SSSR count). The highest BCUT2D eigenvalue weighted by molar-refractivity contribution is 6.04. The van der Waals surface area contributed by atoms with Crippen molar-refractivity contribution in [3.63, 3.8) is 0 Å². The van der Waals surface area contributed by atoms with Crippen molar-refractivity contribution in [1.82, 2.24) is 9.97 Å². The number of nitrogens with zero attached hydrogens (tertiary/aromatic N) is 2. The molecule has 0 spiro atoms. The molecule has 1 aromatic heterocycles. The van der Waals surface area contributed by atoms with Gasteiger partial charge in [0.15, 0.2) is 0 Å². The predicted molar refractivity (Wildman–Crippen MR) is 86.5 cm³/mol. The Labute approximate surface area is 129 Å². The van der Waals surface area contributed by atoms with Crippen LogP contribution in [0.4, 0.5) is 11.6 Å². The van der Waals surface area contributed by atoms with Crippen LogP contribution in [-0.2, 0) is 0 Å². The van der Waals surface area contributed by atoms with Gasteiger partial charge in [0.05, 0.1) is 18.4 Å². The largest absolute Gasteiger partial charge is 0.495 e. The quantitative estimate of drug-likeness (QED) is 0.888. The van der Waals surface area contributed by atoms with Crippen molar-refractivity contribution in [3.05, 3.63) is 41.7 Å². The zero-order chi connectivity index (χ0) is 16.1. The summed E-state index contributed by atoms with van der Waals surface area (Å²) in [5, 5.41) is 5.89. The Balaban J connectivity index is 2.14. The number of ether oxygens (including phenoxy) is 1. The summed E-state index contributed by atoms with van der Waals surface area (Å²) in [5.74, 6) is 0.831. The lowest BCUT2D eigenvalue weighted by Crippen LogP contribution is -2.16. The molecule has 0 bridgehead atoms. The van der Waals surface area contributed by atoms with E-state index in [1.54, 1.807) is 7.11 Å². The number of amides is 1. The standard InChI is InChI=1S/C16H20N4O2/c1-10(2)19-16-17-8-12(9-18-16)15(21)20-13-7-11(3)5-6-14(13)22-4/h5-10H,1-4H3,(H,20,21)(H,17,18,19). The van der Waals surface area contributed by atoms with Gasteiger partial charge in [-0.05, 0) is 38.5 Å². The first-order chi connectivity index (χ1) is 10.5. The number of methoxy groups -OCH3 is 1. The smallest absolute Gasteiger partial charge is 0.258 e. The normalized spacial score (nSPS) is 10.4. The fourth-order valence-electron chi connectivity index (χ4n) is 1.89. The molecule has 1 heterocycles. The third-order valence-corrected chi connectivity index (χ3v) is 2.93. The monoisotopic (exact) mass is 300 g/mol. The van der Waals surface area contributed by atoms with Crippen LogP contribution in [0.25, 0.3) is 0 Å². The van der Waals surface area contributed by atoms with Gasteiger partial charge in [-0.25, -0.2) is 9.97 Å². The van der Waals surface area contributed by atoms with Crippen molar-refractivity contribution in [2.75, 3.05) is 17.7 Å². The summed E-state index contributed by atoms with van der Waals surface area (Å²) in [6.07, 6.45) is 2.99. The summed E-state index contributed by atoms with van der Waals surface area (Å²) in [5.41, 5.74) is 2.04. The van der Waals surface area contributed by atoms with Crippen LogP contribution in [0.1, 0.15) is 29.8 Å². The summed E-state index contributed by atoms with van der Waals surface area (Å²) >= 11 is 0. The van der Waals surface area contributed by atoms with E-state index in [4.69, 9.17) is 4.74 Å². The Morgan fingerprint density at radius 1 is 1.23 bits per heavy atom. The van der Waals surface area contributed by atoms with E-state index >= 15 is 0 Å². The minimum Gasteiger partial charge on any atom is -0.495 e. The van der Waals surface area contributed by atoms with E-state index < -0.39 is 0 Å². The highest BCUT2D eigenvalue weighted by Gasteiger charge is 2.11. The molecule has 22 heavy (non-hydrogen) atoms. The molecule has 1 aromatic carbocycles. The molecule has 0 aliphatic heterocycles. The molecule has 116 valence electrons. The summed E-state index contributed by atoms with van der Waals surface area (Å²) in [4.78, 5) is 20.5. The number of benzene rings is 1. The lowest BCUT2D eigenvalue weighted by molar-refractivity contribution is 0.102. The summed E-state index contributed by atoms with van der Waals surface area (Å²) < 4.78 is 5.24.